The van der Waals surface area contributed by atoms with Gasteiger partial charge >= 0.3 is 0 Å². The minimum absolute atomic E-state index is 0.0962. The first-order valence-corrected chi connectivity index (χ1v) is 6.62. The summed E-state index contributed by atoms with van der Waals surface area (Å²) in [5.41, 5.74) is 0.413. The lowest BCUT2D eigenvalue weighted by Gasteiger charge is -2.22. The Hall–Kier alpha value is -0.620. The number of aliphatic hydroxyl groups is 1. The fourth-order valence-corrected chi connectivity index (χ4v) is 2.05. The number of aliphatic hydroxyl groups excluding tert-OH is 1. The first-order chi connectivity index (χ1) is 8.61. The van der Waals surface area contributed by atoms with Crippen LogP contribution in [0.15, 0.2) is 22.7 Å². The Morgan fingerprint density at radius 1 is 1.50 bits per heavy atom. The molecule has 0 aliphatic carbocycles. The fraction of sp³-hybridized carbons (Fsp3) is 0.417. The molecule has 0 aliphatic heterocycles. The number of amides is 1. The van der Waals surface area contributed by atoms with E-state index in [0.717, 1.165) is 0 Å². The summed E-state index contributed by atoms with van der Waals surface area (Å²) in [6.45, 7) is 0.988. The van der Waals surface area contributed by atoms with E-state index in [1.807, 2.05) is 0 Å². The number of ether oxygens (including phenoxy) is 1. The van der Waals surface area contributed by atoms with Gasteiger partial charge in [-0.25, -0.2) is 0 Å². The summed E-state index contributed by atoms with van der Waals surface area (Å²) in [5, 5.41) is 9.36. The Labute approximate surface area is 120 Å². The molecule has 0 atom stereocenters. The highest BCUT2D eigenvalue weighted by molar-refractivity contribution is 9.10. The molecule has 0 radical (unpaired) electrons. The van der Waals surface area contributed by atoms with E-state index in [1.165, 1.54) is 4.90 Å². The van der Waals surface area contributed by atoms with Gasteiger partial charge < -0.3 is 14.7 Å². The molecule has 0 aromatic heterocycles. The van der Waals surface area contributed by atoms with Crippen molar-refractivity contribution in [1.29, 1.82) is 0 Å². The zero-order valence-corrected chi connectivity index (χ0v) is 12.4. The third-order valence-corrected chi connectivity index (χ3v) is 3.70. The maximum absolute atomic E-state index is 12.3. The van der Waals surface area contributed by atoms with Crippen molar-refractivity contribution < 1.29 is 14.6 Å². The quantitative estimate of drug-likeness (QED) is 0.866. The monoisotopic (exact) mass is 335 g/mol. The molecular weight excluding hydrogens is 321 g/mol. The van der Waals surface area contributed by atoms with Crippen LogP contribution in [0.1, 0.15) is 10.4 Å². The van der Waals surface area contributed by atoms with Gasteiger partial charge in [-0.05, 0) is 28.1 Å². The Bertz CT molecular complexity index is 414. The average Bonchev–Trinajstić information content (AvgIpc) is 2.37. The highest BCUT2D eigenvalue weighted by Gasteiger charge is 2.18. The van der Waals surface area contributed by atoms with Gasteiger partial charge in [0.05, 0.1) is 23.8 Å². The van der Waals surface area contributed by atoms with Gasteiger partial charge in [0.2, 0.25) is 0 Å². The number of benzene rings is 1. The van der Waals surface area contributed by atoms with E-state index in [4.69, 9.17) is 21.4 Å². The third-order valence-electron chi connectivity index (χ3n) is 2.40. The first-order valence-electron chi connectivity index (χ1n) is 5.45. The SMILES string of the molecule is COCCN(CCO)C(=O)c1cccc(Br)c1Cl. The minimum atomic E-state index is -0.215. The molecule has 0 unspecified atom stereocenters. The molecule has 0 saturated heterocycles. The number of hydrogen-bond acceptors (Lipinski definition) is 3. The Kier molecular flexibility index (Phi) is 6.63. The van der Waals surface area contributed by atoms with E-state index in [0.29, 0.717) is 28.2 Å². The highest BCUT2D eigenvalue weighted by atomic mass is 79.9. The second-order valence-corrected chi connectivity index (χ2v) is 4.84. The molecular formula is C12H15BrClNO3. The van der Waals surface area contributed by atoms with Gasteiger partial charge in [-0.1, -0.05) is 17.7 Å². The molecule has 6 heteroatoms. The van der Waals surface area contributed by atoms with Crippen LogP contribution in [-0.4, -0.2) is 49.3 Å². The van der Waals surface area contributed by atoms with E-state index in [1.54, 1.807) is 25.3 Å². The largest absolute Gasteiger partial charge is 0.395 e. The molecule has 1 N–H and O–H groups in total. The van der Waals surface area contributed by atoms with Gasteiger partial charge in [0, 0.05) is 24.7 Å². The molecule has 1 amide bonds. The lowest BCUT2D eigenvalue weighted by atomic mass is 10.2. The zero-order valence-electron chi connectivity index (χ0n) is 10.0. The Balaban J connectivity index is 2.90. The van der Waals surface area contributed by atoms with Crippen LogP contribution >= 0.6 is 27.5 Å². The van der Waals surface area contributed by atoms with E-state index in [2.05, 4.69) is 15.9 Å². The number of carbonyl (C=O) groups is 1. The molecule has 0 bridgehead atoms. The highest BCUT2D eigenvalue weighted by Crippen LogP contribution is 2.26. The second kappa shape index (κ2) is 7.74. The summed E-state index contributed by atoms with van der Waals surface area (Å²) in [4.78, 5) is 13.8. The average molecular weight is 337 g/mol. The molecule has 100 valence electrons. The number of halogens is 2. The molecule has 18 heavy (non-hydrogen) atoms. The molecule has 1 aromatic carbocycles. The van der Waals surface area contributed by atoms with Crippen LogP contribution in [0, 0.1) is 0 Å². The number of nitrogens with zero attached hydrogens (tertiary/aromatic N) is 1. The topological polar surface area (TPSA) is 49.8 Å². The van der Waals surface area contributed by atoms with Gasteiger partial charge in [-0.2, -0.15) is 0 Å². The van der Waals surface area contributed by atoms with Gasteiger partial charge in [-0.3, -0.25) is 4.79 Å². The summed E-state index contributed by atoms with van der Waals surface area (Å²) in [5.74, 6) is -0.215. The zero-order chi connectivity index (χ0) is 13.5. The van der Waals surface area contributed by atoms with Crippen LogP contribution in [0.2, 0.25) is 5.02 Å². The van der Waals surface area contributed by atoms with E-state index in [-0.39, 0.29) is 19.1 Å². The molecule has 1 rings (SSSR count). The summed E-state index contributed by atoms with van der Waals surface area (Å²) in [6.07, 6.45) is 0. The van der Waals surface area contributed by atoms with Crippen LogP contribution < -0.4 is 0 Å². The summed E-state index contributed by atoms with van der Waals surface area (Å²) < 4.78 is 5.61. The van der Waals surface area contributed by atoms with Crippen LogP contribution in [0.3, 0.4) is 0 Å². The third kappa shape index (κ3) is 3.95. The van der Waals surface area contributed by atoms with Gasteiger partial charge in [0.1, 0.15) is 0 Å². The van der Waals surface area contributed by atoms with Crippen molar-refractivity contribution in [2.75, 3.05) is 33.4 Å². The minimum Gasteiger partial charge on any atom is -0.395 e. The van der Waals surface area contributed by atoms with Crippen molar-refractivity contribution in [3.05, 3.63) is 33.3 Å². The van der Waals surface area contributed by atoms with Gasteiger partial charge in [0.25, 0.3) is 5.91 Å². The van der Waals surface area contributed by atoms with Crippen LogP contribution in [-0.2, 0) is 4.74 Å². The lowest BCUT2D eigenvalue weighted by Crippen LogP contribution is -2.36. The van der Waals surface area contributed by atoms with Crippen molar-refractivity contribution in [2.24, 2.45) is 0 Å². The summed E-state index contributed by atoms with van der Waals surface area (Å²) in [6, 6.07) is 5.17. The van der Waals surface area contributed by atoms with Crippen molar-refractivity contribution in [3.8, 4) is 0 Å². The molecule has 0 fully saturated rings. The number of rotatable bonds is 6. The lowest BCUT2D eigenvalue weighted by molar-refractivity contribution is 0.0656. The summed E-state index contributed by atoms with van der Waals surface area (Å²) in [7, 11) is 1.56. The summed E-state index contributed by atoms with van der Waals surface area (Å²) >= 11 is 9.36. The van der Waals surface area contributed by atoms with Crippen molar-refractivity contribution in [1.82, 2.24) is 4.90 Å². The van der Waals surface area contributed by atoms with Gasteiger partial charge in [0.15, 0.2) is 0 Å². The molecule has 0 heterocycles. The van der Waals surface area contributed by atoms with E-state index >= 15 is 0 Å². The fourth-order valence-electron chi connectivity index (χ4n) is 1.48. The maximum atomic E-state index is 12.3. The number of carbonyl (C=O) groups excluding carboxylic acids is 1. The Morgan fingerprint density at radius 2 is 2.22 bits per heavy atom. The van der Waals surface area contributed by atoms with Crippen molar-refractivity contribution in [3.63, 3.8) is 0 Å². The molecule has 0 saturated carbocycles. The Morgan fingerprint density at radius 3 is 2.83 bits per heavy atom. The molecule has 0 spiro atoms. The van der Waals surface area contributed by atoms with Crippen molar-refractivity contribution in [2.45, 2.75) is 0 Å². The first kappa shape index (κ1) is 15.4. The normalized spacial score (nSPS) is 10.4. The van der Waals surface area contributed by atoms with Crippen LogP contribution in [0.5, 0.6) is 0 Å². The van der Waals surface area contributed by atoms with Crippen LogP contribution in [0.4, 0.5) is 0 Å². The maximum Gasteiger partial charge on any atom is 0.255 e. The van der Waals surface area contributed by atoms with Gasteiger partial charge in [-0.15, -0.1) is 0 Å². The van der Waals surface area contributed by atoms with E-state index in [9.17, 15) is 4.79 Å². The number of hydrogen-bond donors (Lipinski definition) is 1. The predicted molar refractivity (Wildman–Crippen MR) is 74.0 cm³/mol. The molecule has 1 aromatic rings. The molecule has 0 aliphatic rings. The molecule has 4 nitrogen and oxygen atoms in total. The standard InChI is InChI=1S/C12H15BrClNO3/c1-18-8-6-15(5-7-16)12(17)9-3-2-4-10(13)11(9)14/h2-4,16H,5-8H2,1H3. The second-order valence-electron chi connectivity index (χ2n) is 3.61. The van der Waals surface area contributed by atoms with E-state index < -0.39 is 0 Å². The predicted octanol–water partition coefficient (Wildman–Crippen LogP) is 2.18. The van der Waals surface area contributed by atoms with Crippen LogP contribution in [0.25, 0.3) is 0 Å². The van der Waals surface area contributed by atoms with Crippen molar-refractivity contribution >= 4 is 33.4 Å². The smallest absolute Gasteiger partial charge is 0.255 e. The number of methoxy groups -OCH3 is 1.